The molecule has 0 saturated carbocycles. The van der Waals surface area contributed by atoms with Gasteiger partial charge in [-0.1, -0.05) is 146 Å². The topological polar surface area (TPSA) is 9.72 Å². The van der Waals surface area contributed by atoms with Gasteiger partial charge in [0.25, 0.3) is 0 Å². The smallest absolute Gasteiger partial charge is 0.0554 e. The van der Waals surface area contributed by atoms with E-state index in [1.54, 1.807) is 0 Å². The van der Waals surface area contributed by atoms with Crippen LogP contribution in [0.5, 0.6) is 0 Å². The fourth-order valence-corrected chi connectivity index (χ4v) is 12.4. The Balaban J connectivity index is 0.883. The van der Waals surface area contributed by atoms with Crippen molar-refractivity contribution in [3.63, 3.8) is 0 Å². The maximum Gasteiger partial charge on any atom is 0.0554 e. The van der Waals surface area contributed by atoms with Crippen molar-refractivity contribution in [1.82, 2.24) is 0 Å². The molecule has 0 radical (unpaired) electrons. The van der Waals surface area contributed by atoms with Gasteiger partial charge < -0.3 is 14.7 Å². The summed E-state index contributed by atoms with van der Waals surface area (Å²) in [6.07, 6.45) is 0. The number of benzene rings is 11. The minimum absolute atomic E-state index is 1.08. The lowest BCUT2D eigenvalue weighted by atomic mass is 9.97. The molecule has 13 aromatic rings. The Bertz CT molecular complexity index is 3920. The molecule has 2 aromatic heterocycles. The third kappa shape index (κ3) is 7.97. The summed E-state index contributed by atoms with van der Waals surface area (Å²) in [7, 11) is 0. The molecule has 11 aromatic carbocycles. The minimum Gasteiger partial charge on any atom is -0.311 e. The first-order chi connectivity index (χ1) is 35.2. The third-order valence-corrected chi connectivity index (χ3v) is 15.7. The second kappa shape index (κ2) is 18.3. The average molecular weight is 944 g/mol. The molecule has 0 bridgehead atoms. The summed E-state index contributed by atoms with van der Waals surface area (Å²) >= 11 is 3.72. The van der Waals surface area contributed by atoms with Crippen LogP contribution >= 0.6 is 22.7 Å². The highest BCUT2D eigenvalue weighted by atomic mass is 32.1. The summed E-state index contributed by atoms with van der Waals surface area (Å²) in [5, 5.41) is 5.07. The van der Waals surface area contributed by atoms with Gasteiger partial charge >= 0.3 is 0 Å². The Hall–Kier alpha value is -8.74. The largest absolute Gasteiger partial charge is 0.311 e. The molecule has 0 fully saturated rings. The van der Waals surface area contributed by atoms with Gasteiger partial charge in [0.2, 0.25) is 0 Å². The molecule has 336 valence electrons. The van der Waals surface area contributed by atoms with Crippen LogP contribution in [-0.2, 0) is 0 Å². The molecule has 0 unspecified atom stereocenters. The van der Waals surface area contributed by atoms with Crippen LogP contribution in [-0.4, -0.2) is 0 Å². The van der Waals surface area contributed by atoms with E-state index < -0.39 is 0 Å². The zero-order valence-electron chi connectivity index (χ0n) is 38.6. The normalized spacial score (nSPS) is 11.4. The van der Waals surface area contributed by atoms with Gasteiger partial charge in [-0.15, -0.1) is 22.7 Å². The van der Waals surface area contributed by atoms with Crippen LogP contribution in [0.1, 0.15) is 0 Å². The van der Waals surface area contributed by atoms with Crippen LogP contribution in [0, 0.1) is 0 Å². The van der Waals surface area contributed by atoms with E-state index in [2.05, 4.69) is 288 Å². The first-order valence-electron chi connectivity index (χ1n) is 24.0. The molecule has 5 heteroatoms. The van der Waals surface area contributed by atoms with Crippen molar-refractivity contribution in [1.29, 1.82) is 0 Å². The van der Waals surface area contributed by atoms with Crippen LogP contribution < -0.4 is 14.7 Å². The molecule has 2 heterocycles. The average Bonchev–Trinajstić information content (AvgIpc) is 4.01. The fraction of sp³-hybridized carbons (Fsp3) is 0. The van der Waals surface area contributed by atoms with E-state index >= 15 is 0 Å². The van der Waals surface area contributed by atoms with Crippen LogP contribution in [0.25, 0.3) is 62.6 Å². The van der Waals surface area contributed by atoms with E-state index in [1.807, 2.05) is 22.7 Å². The van der Waals surface area contributed by atoms with E-state index in [0.717, 1.165) is 51.2 Å². The van der Waals surface area contributed by atoms with Crippen molar-refractivity contribution in [2.45, 2.75) is 0 Å². The molecular formula is C66H45N3S2. The number of anilines is 9. The maximum absolute atomic E-state index is 2.47. The molecule has 0 aliphatic heterocycles. The van der Waals surface area contributed by atoms with Crippen LogP contribution in [0.3, 0.4) is 0 Å². The van der Waals surface area contributed by atoms with Gasteiger partial charge in [-0.3, -0.25) is 0 Å². The minimum atomic E-state index is 1.08. The van der Waals surface area contributed by atoms with Gasteiger partial charge in [-0.25, -0.2) is 0 Å². The Morgan fingerprint density at radius 1 is 0.211 bits per heavy atom. The van der Waals surface area contributed by atoms with Crippen LogP contribution in [0.2, 0.25) is 0 Å². The highest BCUT2D eigenvalue weighted by Gasteiger charge is 2.22. The number of hydrogen-bond donors (Lipinski definition) is 0. The molecule has 13 rings (SSSR count). The second-order valence-corrected chi connectivity index (χ2v) is 19.9. The number of rotatable bonds is 11. The highest BCUT2D eigenvalue weighted by Crippen LogP contribution is 2.48. The Labute approximate surface area is 421 Å². The van der Waals surface area contributed by atoms with Crippen molar-refractivity contribution in [2.24, 2.45) is 0 Å². The molecule has 3 nitrogen and oxygen atoms in total. The third-order valence-electron chi connectivity index (χ3n) is 13.4. The highest BCUT2D eigenvalue weighted by molar-refractivity contribution is 7.26. The van der Waals surface area contributed by atoms with Gasteiger partial charge in [0.1, 0.15) is 0 Å². The molecule has 0 aliphatic carbocycles. The SMILES string of the molecule is c1ccc(N(c2ccccc2)c2ccc(-c3cccc(-c4ccc5sc6cc(N(c7cccc(N(c8ccccc8)c8ccccc8)c7)c7cccc8sc9ccccc9c78)ccc6c5c4)c3)cc2)cc1. The van der Waals surface area contributed by atoms with Crippen molar-refractivity contribution < 1.29 is 0 Å². The molecule has 71 heavy (non-hydrogen) atoms. The number of fused-ring (bicyclic) bond motifs is 6. The van der Waals surface area contributed by atoms with Crippen LogP contribution in [0.15, 0.2) is 273 Å². The molecule has 0 spiro atoms. The number of hydrogen-bond acceptors (Lipinski definition) is 5. The quantitative estimate of drug-likeness (QED) is 0.128. The van der Waals surface area contributed by atoms with E-state index in [0.29, 0.717) is 0 Å². The standard InChI is InChI=1S/C66H45N3S2/c1-5-20-50(21-6-1)67(51-22-7-2-8-23-51)54-37-34-46(35-38-54)47-18-15-19-48(42-47)49-36-41-63-60(43-49)58-40-39-57(45-65(58)71-63)69(61-31-17-33-64-66(61)59-30-13-14-32-62(59)70-64)56-29-16-28-55(44-56)68(52-24-9-3-10-25-52)53-26-11-4-12-27-53/h1-45H. The number of thiophene rings is 2. The fourth-order valence-electron chi connectivity index (χ4n) is 10.1. The Morgan fingerprint density at radius 3 is 1.31 bits per heavy atom. The summed E-state index contributed by atoms with van der Waals surface area (Å²) in [6, 6.07) is 98.9. The lowest BCUT2D eigenvalue weighted by molar-refractivity contribution is 1.26. The van der Waals surface area contributed by atoms with Crippen molar-refractivity contribution in [3.8, 4) is 22.3 Å². The van der Waals surface area contributed by atoms with Gasteiger partial charge in [0.15, 0.2) is 0 Å². The summed E-state index contributed by atoms with van der Waals surface area (Å²) < 4.78 is 5.09. The molecule has 0 atom stereocenters. The predicted molar refractivity (Wildman–Crippen MR) is 307 cm³/mol. The van der Waals surface area contributed by atoms with Crippen molar-refractivity contribution in [2.75, 3.05) is 14.7 Å². The monoisotopic (exact) mass is 943 g/mol. The summed E-state index contributed by atoms with van der Waals surface area (Å²) in [6.45, 7) is 0. The zero-order valence-corrected chi connectivity index (χ0v) is 40.3. The van der Waals surface area contributed by atoms with Gasteiger partial charge in [0.05, 0.1) is 5.69 Å². The van der Waals surface area contributed by atoms with E-state index in [-0.39, 0.29) is 0 Å². The number of para-hydroxylation sites is 4. The number of nitrogens with zero attached hydrogens (tertiary/aromatic N) is 3. The van der Waals surface area contributed by atoms with Crippen LogP contribution in [0.4, 0.5) is 51.2 Å². The molecule has 0 aliphatic rings. The van der Waals surface area contributed by atoms with Gasteiger partial charge in [-0.05, 0) is 150 Å². The van der Waals surface area contributed by atoms with Gasteiger partial charge in [-0.2, -0.15) is 0 Å². The van der Waals surface area contributed by atoms with Gasteiger partial charge in [0, 0.05) is 85.8 Å². The first kappa shape index (κ1) is 42.4. The van der Waals surface area contributed by atoms with Crippen molar-refractivity contribution >= 4 is 114 Å². The predicted octanol–water partition coefficient (Wildman–Crippen LogP) is 20.2. The lowest BCUT2D eigenvalue weighted by Gasteiger charge is -2.30. The summed E-state index contributed by atoms with van der Waals surface area (Å²) in [4.78, 5) is 7.11. The van der Waals surface area contributed by atoms with E-state index in [4.69, 9.17) is 0 Å². The maximum atomic E-state index is 2.47. The zero-order chi connectivity index (χ0) is 47.1. The summed E-state index contributed by atoms with van der Waals surface area (Å²) in [5.74, 6) is 0. The lowest BCUT2D eigenvalue weighted by Crippen LogP contribution is -2.13. The summed E-state index contributed by atoms with van der Waals surface area (Å²) in [5.41, 5.74) is 14.8. The second-order valence-electron chi connectivity index (χ2n) is 17.7. The Morgan fingerprint density at radius 2 is 0.648 bits per heavy atom. The molecule has 0 amide bonds. The van der Waals surface area contributed by atoms with E-state index in [9.17, 15) is 0 Å². The van der Waals surface area contributed by atoms with Crippen molar-refractivity contribution in [3.05, 3.63) is 273 Å². The van der Waals surface area contributed by atoms with E-state index in [1.165, 1.54) is 62.6 Å². The molecule has 0 N–H and O–H groups in total. The molecular weight excluding hydrogens is 899 g/mol. The molecule has 0 saturated heterocycles. The Kier molecular flexibility index (Phi) is 10.9. The first-order valence-corrected chi connectivity index (χ1v) is 25.6.